The molecule has 0 heterocycles. The molecule has 31 heavy (non-hydrogen) atoms. The quantitative estimate of drug-likeness (QED) is 0.164. The van der Waals surface area contributed by atoms with Gasteiger partial charge < -0.3 is 0 Å². The van der Waals surface area contributed by atoms with Crippen LogP contribution in [0, 0.1) is 14.3 Å². The van der Waals surface area contributed by atoms with E-state index in [9.17, 15) is 0 Å². The molecule has 0 aliphatic rings. The van der Waals surface area contributed by atoms with Crippen molar-refractivity contribution in [3.8, 4) is 0 Å². The third-order valence-corrected chi connectivity index (χ3v) is 8.74. The monoisotopic (exact) mass is 751 g/mol. The minimum Gasteiger partial charge on any atom is -0.0619 e. The molecule has 161 valence electrons. The summed E-state index contributed by atoms with van der Waals surface area (Å²) in [4.78, 5) is 0. The number of rotatable bonds is 4. The first-order valence-corrected chi connectivity index (χ1v) is 16.4. The first-order chi connectivity index (χ1) is 14.6. The fourth-order valence-electron chi connectivity index (χ4n) is 2.16. The molecule has 0 N–H and O–H groups in total. The second-order valence-electron chi connectivity index (χ2n) is 5.59. The van der Waals surface area contributed by atoms with E-state index in [4.69, 9.17) is 9.79 Å². The summed E-state index contributed by atoms with van der Waals surface area (Å²) < 4.78 is 31.7. The Morgan fingerprint density at radius 3 is 0.774 bits per heavy atom. The second kappa shape index (κ2) is 17.4. The fourth-order valence-corrected chi connectivity index (χ4v) is 6.70. The third-order valence-electron chi connectivity index (χ3n) is 3.37. The minimum absolute atomic E-state index is 0. The summed E-state index contributed by atoms with van der Waals surface area (Å²) in [5.41, 5.74) is 0. The van der Waals surface area contributed by atoms with Gasteiger partial charge in [-0.15, -0.1) is 0 Å². The van der Waals surface area contributed by atoms with E-state index in [1.54, 1.807) is 0 Å². The Balaban J connectivity index is 0.000000258. The summed E-state index contributed by atoms with van der Waals surface area (Å²) in [6.45, 7) is 0. The molecule has 0 unspecified atom stereocenters. The Labute approximate surface area is 211 Å². The number of hydrogen-bond acceptors (Lipinski definition) is 3. The van der Waals surface area contributed by atoms with Gasteiger partial charge in [0.1, 0.15) is 0 Å². The molecular weight excluding hydrogens is 731 g/mol. The normalized spacial score (nSPS) is 9.10. The first-order valence-electron chi connectivity index (χ1n) is 8.95. The van der Waals surface area contributed by atoms with Gasteiger partial charge in [-0.3, -0.25) is 4.70 Å². The molecule has 0 spiro atoms. The van der Waals surface area contributed by atoms with Crippen LogP contribution in [0.4, 0.5) is 4.70 Å². The zero-order valence-corrected chi connectivity index (χ0v) is 23.3. The van der Waals surface area contributed by atoms with E-state index in [0.29, 0.717) is 0 Å². The van der Waals surface area contributed by atoms with Crippen LogP contribution in [0.15, 0.2) is 121 Å². The molecule has 0 fully saturated rings. The maximum absolute atomic E-state index is 8.60. The summed E-state index contributed by atoms with van der Waals surface area (Å²) >= 11 is -4.14. The zero-order valence-electron chi connectivity index (χ0n) is 16.4. The summed E-state index contributed by atoms with van der Waals surface area (Å²) in [6.07, 6.45) is 0. The number of hydrogen-bond donors (Lipinski definition) is 0. The predicted molar refractivity (Wildman–Crippen MR) is 109 cm³/mol. The number of halogens is 3. The molecule has 3 nitrogen and oxygen atoms in total. The Hall–Kier alpha value is -1.19. The number of benzene rings is 4. The van der Waals surface area contributed by atoms with Gasteiger partial charge >= 0.3 is 73.2 Å². The average molecular weight is 752 g/mol. The molecule has 0 atom stereocenters. The molecule has 0 bridgehead atoms. The van der Waals surface area contributed by atoms with Crippen molar-refractivity contribution >= 4 is 21.0 Å². The van der Waals surface area contributed by atoms with Gasteiger partial charge in [-0.05, 0) is 48.5 Å². The van der Waals surface area contributed by atoms with E-state index >= 15 is 0 Å². The second-order valence-corrected chi connectivity index (χ2v) is 12.9. The van der Waals surface area contributed by atoms with Crippen molar-refractivity contribution in [1.82, 2.24) is 0 Å². The van der Waals surface area contributed by atoms with E-state index in [1.165, 1.54) is 14.3 Å². The van der Waals surface area contributed by atoms with Gasteiger partial charge in [0.2, 0.25) is 0 Å². The van der Waals surface area contributed by atoms with E-state index in [2.05, 4.69) is 121 Å². The molecule has 0 amide bonds. The van der Waals surface area contributed by atoms with Crippen molar-refractivity contribution in [1.29, 1.82) is 0 Å². The van der Waals surface area contributed by atoms with Crippen molar-refractivity contribution in [3.05, 3.63) is 136 Å². The van der Waals surface area contributed by atoms with Crippen molar-refractivity contribution in [2.24, 2.45) is 0 Å². The molecule has 0 saturated heterocycles. The molecule has 1 radical (unpaired) electrons. The van der Waals surface area contributed by atoms with E-state index in [1.807, 2.05) is 0 Å². The summed E-state index contributed by atoms with van der Waals surface area (Å²) in [5.74, 6) is 0. The topological polar surface area (TPSA) is 63.2 Å². The van der Waals surface area contributed by atoms with Crippen LogP contribution >= 0.6 is 0 Å². The van der Waals surface area contributed by atoms with Gasteiger partial charge in [0, 0.05) is 0 Å². The minimum atomic E-state index is -4.20. The van der Waals surface area contributed by atoms with Gasteiger partial charge in [0.25, 0.3) is 0 Å². The van der Waals surface area contributed by atoms with E-state index < -0.39 is 21.0 Å². The van der Waals surface area contributed by atoms with Crippen LogP contribution < -0.4 is 49.2 Å². The molecule has 4 rings (SSSR count). The maximum atomic E-state index is 8.60. The van der Waals surface area contributed by atoms with Crippen LogP contribution in [-0.2, 0) is 3.02 Å². The van der Waals surface area contributed by atoms with Crippen LogP contribution in [-0.4, -0.2) is 21.0 Å². The Kier molecular flexibility index (Phi) is 15.6. The molecule has 7 heteroatoms. The van der Waals surface area contributed by atoms with Crippen LogP contribution in [0.25, 0.3) is 0 Å². The Bertz CT molecular complexity index is 821. The molecule has 4 aromatic rings. The van der Waals surface area contributed by atoms with Crippen LogP contribution in [0.3, 0.4) is 0 Å². The van der Waals surface area contributed by atoms with Crippen LogP contribution in [0.5, 0.6) is 0 Å². The predicted octanol–water partition coefficient (Wildman–Crippen LogP) is -3.10. The van der Waals surface area contributed by atoms with Gasteiger partial charge in [-0.1, -0.05) is 72.8 Å². The van der Waals surface area contributed by atoms with Gasteiger partial charge in [-0.2, -0.15) is 0 Å². The van der Waals surface area contributed by atoms with Crippen molar-refractivity contribution < 1.29 is 56.9 Å². The molecular formula is C24H21FI2O3Sb. The summed E-state index contributed by atoms with van der Waals surface area (Å²) in [6, 6.07) is 42.8. The molecule has 4 aromatic carbocycles. The third kappa shape index (κ3) is 13.7. The maximum Gasteiger partial charge on any atom is 0.357 e. The molecule has 0 aliphatic carbocycles. The first kappa shape index (κ1) is 27.8. The zero-order chi connectivity index (χ0) is 21.4. The van der Waals surface area contributed by atoms with Crippen LogP contribution in [0.2, 0.25) is 0 Å². The van der Waals surface area contributed by atoms with E-state index in [-0.39, 0.29) is 47.1 Å². The SMILES string of the molecule is F.[O]=[Sb]([O-])[O-].c1ccc([I+]c2ccccc2)cc1.c1ccc([I+]c2ccccc2)cc1. The Morgan fingerprint density at radius 2 is 0.613 bits per heavy atom. The van der Waals surface area contributed by atoms with E-state index in [0.717, 1.165) is 0 Å². The summed E-state index contributed by atoms with van der Waals surface area (Å²) in [7, 11) is 0. The van der Waals surface area contributed by atoms with Crippen molar-refractivity contribution in [2.75, 3.05) is 0 Å². The van der Waals surface area contributed by atoms with Gasteiger partial charge in [0.15, 0.2) is 14.3 Å². The van der Waals surface area contributed by atoms with Crippen molar-refractivity contribution in [3.63, 3.8) is 0 Å². The standard InChI is InChI=1S/2C12H10I.FH.3O.Sb/c2*1-3-7-11(8-4-1)13-12-9-5-2-6-10-12;;;;;/h2*1-10H;1H;;;;/q2*+1;;;2*-1;. The van der Waals surface area contributed by atoms with Gasteiger partial charge in [0.05, 0.1) is 0 Å². The average Bonchev–Trinajstić information content (AvgIpc) is 2.77. The Morgan fingerprint density at radius 1 is 0.452 bits per heavy atom. The molecule has 0 saturated carbocycles. The molecule has 0 aromatic heterocycles. The summed E-state index contributed by atoms with van der Waals surface area (Å²) in [5, 5.41) is 0. The molecule has 0 aliphatic heterocycles. The van der Waals surface area contributed by atoms with Crippen LogP contribution in [0.1, 0.15) is 0 Å². The largest absolute Gasteiger partial charge is 0.357 e. The fraction of sp³-hybridized carbons (Fsp3) is 0. The van der Waals surface area contributed by atoms with Gasteiger partial charge in [-0.25, -0.2) is 0 Å². The smallest absolute Gasteiger partial charge is 0.0619 e. The van der Waals surface area contributed by atoms with Crippen molar-refractivity contribution in [2.45, 2.75) is 0 Å².